The number of Topliss-reactive ketones (excluding diaryl/α,β-unsaturated/α-hetero) is 1. The Morgan fingerprint density at radius 2 is 2.17 bits per heavy atom. The van der Waals surface area contributed by atoms with Crippen LogP contribution in [0.2, 0.25) is 0 Å². The van der Waals surface area contributed by atoms with Crippen LogP contribution < -0.4 is 4.74 Å². The van der Waals surface area contributed by atoms with Crippen molar-refractivity contribution in [2.45, 2.75) is 47.0 Å². The first kappa shape index (κ1) is 14.3. The number of likely N-dealkylation sites (N-methyl/N-ethyl adjacent to an activating group) is 1. The molecule has 5 heteroatoms. The molecule has 3 fully saturated rings. The molecular formula is C18H21NO3S. The van der Waals surface area contributed by atoms with Crippen molar-refractivity contribution < 1.29 is 14.3 Å². The molecule has 1 aromatic carbocycles. The molecule has 0 radical (unpaired) electrons. The Morgan fingerprint density at radius 3 is 2.96 bits per heavy atom. The molecule has 3 aliphatic heterocycles. The van der Waals surface area contributed by atoms with E-state index in [9.17, 15) is 4.79 Å². The van der Waals surface area contributed by atoms with Gasteiger partial charge in [0.05, 0.1) is 18.1 Å². The highest BCUT2D eigenvalue weighted by Crippen LogP contribution is 2.54. The number of benzene rings is 1. The number of ketones is 1. The average Bonchev–Trinajstić information content (AvgIpc) is 3.06. The summed E-state index contributed by atoms with van der Waals surface area (Å²) in [5.74, 6) is 1.42. The Labute approximate surface area is 140 Å². The number of hydrogen-bond acceptors (Lipinski definition) is 5. The van der Waals surface area contributed by atoms with E-state index in [1.807, 2.05) is 0 Å². The first-order valence-electron chi connectivity index (χ1n) is 8.43. The Bertz CT molecular complexity index is 687. The molecular weight excluding hydrogens is 310 g/mol. The van der Waals surface area contributed by atoms with E-state index in [0.29, 0.717) is 31.5 Å². The number of fused-ring (bicyclic) bond motifs is 2. The van der Waals surface area contributed by atoms with Crippen molar-refractivity contribution in [1.29, 1.82) is 0 Å². The molecule has 5 rings (SSSR count). The van der Waals surface area contributed by atoms with Crippen LogP contribution in [0.3, 0.4) is 0 Å². The maximum Gasteiger partial charge on any atom is 0.205 e. The largest absolute Gasteiger partial charge is 0.470 e. The topological polar surface area (TPSA) is 38.8 Å². The van der Waals surface area contributed by atoms with Crippen LogP contribution in [0.5, 0.6) is 5.75 Å². The number of nitrogens with zero attached hydrogens (tertiary/aromatic N) is 1. The highest BCUT2D eigenvalue weighted by atomic mass is 32.2. The van der Waals surface area contributed by atoms with E-state index in [2.05, 4.69) is 30.1 Å². The SMILES string of the molecule is CN1CC[C@]2(c3ccc4c(c3)OC3(COC3)S4)CCC(=O)C[C@H]12. The van der Waals surface area contributed by atoms with Crippen LogP contribution in [0, 0.1) is 0 Å². The monoisotopic (exact) mass is 331 g/mol. The molecule has 1 spiro atoms. The van der Waals surface area contributed by atoms with Crippen molar-refractivity contribution in [2.75, 3.05) is 26.8 Å². The van der Waals surface area contributed by atoms with Crippen molar-refractivity contribution in [3.05, 3.63) is 23.8 Å². The normalized spacial score (nSPS) is 34.8. The van der Waals surface area contributed by atoms with Gasteiger partial charge < -0.3 is 14.4 Å². The van der Waals surface area contributed by atoms with Gasteiger partial charge in [0.25, 0.3) is 0 Å². The standard InChI is InChI=1S/C18H21NO3S/c1-19-7-6-17(5-4-13(20)9-16(17)19)12-2-3-15-14(8-12)22-18(23-15)10-21-11-18/h2-3,8,16H,4-7,9-11H2,1H3/t16-,17-/m0/s1. The lowest BCUT2D eigenvalue weighted by Crippen LogP contribution is -2.49. The minimum absolute atomic E-state index is 0.123. The second kappa shape index (κ2) is 4.74. The van der Waals surface area contributed by atoms with Gasteiger partial charge in [-0.05, 0) is 44.1 Å². The quantitative estimate of drug-likeness (QED) is 0.791. The van der Waals surface area contributed by atoms with Gasteiger partial charge >= 0.3 is 0 Å². The Balaban J connectivity index is 1.52. The summed E-state index contributed by atoms with van der Waals surface area (Å²) in [4.78, 5) is 15.4. The van der Waals surface area contributed by atoms with Crippen LogP contribution in [0.25, 0.3) is 0 Å². The molecule has 1 aliphatic carbocycles. The molecule has 0 N–H and O–H groups in total. The van der Waals surface area contributed by atoms with E-state index >= 15 is 0 Å². The van der Waals surface area contributed by atoms with Gasteiger partial charge in [-0.2, -0.15) is 0 Å². The smallest absolute Gasteiger partial charge is 0.205 e. The predicted molar refractivity (Wildman–Crippen MR) is 88.0 cm³/mol. The lowest BCUT2D eigenvalue weighted by molar-refractivity contribution is -0.122. The summed E-state index contributed by atoms with van der Waals surface area (Å²) in [6.07, 6.45) is 3.53. The molecule has 3 heterocycles. The van der Waals surface area contributed by atoms with Gasteiger partial charge in [-0.25, -0.2) is 0 Å². The molecule has 4 aliphatic rings. The van der Waals surface area contributed by atoms with E-state index in [1.165, 1.54) is 10.5 Å². The Hall–Kier alpha value is -1.04. The summed E-state index contributed by atoms with van der Waals surface area (Å²) in [5.41, 5.74) is 1.48. The zero-order valence-electron chi connectivity index (χ0n) is 13.3. The molecule has 1 saturated carbocycles. The Morgan fingerprint density at radius 1 is 1.30 bits per heavy atom. The number of hydrogen-bond donors (Lipinski definition) is 0. The number of thioether (sulfide) groups is 1. The first-order valence-corrected chi connectivity index (χ1v) is 9.24. The van der Waals surface area contributed by atoms with Crippen molar-refractivity contribution >= 4 is 17.5 Å². The predicted octanol–water partition coefficient (Wildman–Crippen LogP) is 2.59. The van der Waals surface area contributed by atoms with Gasteiger partial charge in [0.2, 0.25) is 4.93 Å². The van der Waals surface area contributed by atoms with Crippen LogP contribution in [-0.2, 0) is 14.9 Å². The summed E-state index contributed by atoms with van der Waals surface area (Å²) in [7, 11) is 2.16. The number of ether oxygens (including phenoxy) is 2. The third-order valence-corrected chi connectivity index (χ3v) is 7.35. The summed E-state index contributed by atoms with van der Waals surface area (Å²) in [6.45, 7) is 2.42. The van der Waals surface area contributed by atoms with Crippen molar-refractivity contribution in [1.82, 2.24) is 4.90 Å². The van der Waals surface area contributed by atoms with E-state index in [0.717, 1.165) is 31.6 Å². The van der Waals surface area contributed by atoms with Crippen LogP contribution >= 0.6 is 11.8 Å². The molecule has 1 aromatic rings. The molecule has 0 bridgehead atoms. The second-order valence-corrected chi connectivity index (χ2v) is 8.80. The summed E-state index contributed by atoms with van der Waals surface area (Å²) < 4.78 is 11.6. The molecule has 0 amide bonds. The third kappa shape index (κ3) is 1.96. The van der Waals surface area contributed by atoms with Crippen LogP contribution in [0.1, 0.15) is 31.2 Å². The third-order valence-electron chi connectivity index (χ3n) is 6.11. The maximum absolute atomic E-state index is 12.0. The van der Waals surface area contributed by atoms with Gasteiger partial charge in [-0.3, -0.25) is 4.79 Å². The lowest BCUT2D eigenvalue weighted by atomic mass is 9.66. The van der Waals surface area contributed by atoms with Crippen molar-refractivity contribution in [3.8, 4) is 5.75 Å². The zero-order chi connectivity index (χ0) is 15.7. The fourth-order valence-electron chi connectivity index (χ4n) is 4.71. The van der Waals surface area contributed by atoms with E-state index in [-0.39, 0.29) is 10.3 Å². The van der Waals surface area contributed by atoms with Crippen LogP contribution in [0.15, 0.2) is 23.1 Å². The van der Waals surface area contributed by atoms with E-state index < -0.39 is 0 Å². The molecule has 4 nitrogen and oxygen atoms in total. The van der Waals surface area contributed by atoms with Crippen molar-refractivity contribution in [2.24, 2.45) is 0 Å². The minimum atomic E-state index is -0.174. The van der Waals surface area contributed by atoms with Crippen LogP contribution in [0.4, 0.5) is 0 Å². The molecule has 2 atom stereocenters. The van der Waals surface area contributed by atoms with Gasteiger partial charge in [0.1, 0.15) is 11.5 Å². The average molecular weight is 331 g/mol. The fourth-order valence-corrected chi connectivity index (χ4v) is 5.87. The van der Waals surface area contributed by atoms with Gasteiger partial charge in [0, 0.05) is 24.3 Å². The lowest BCUT2D eigenvalue weighted by Gasteiger charge is -2.41. The molecule has 122 valence electrons. The number of carbonyl (C=O) groups excluding carboxylic acids is 1. The summed E-state index contributed by atoms with van der Waals surface area (Å²) in [5, 5.41) is 0. The maximum atomic E-state index is 12.0. The molecule has 23 heavy (non-hydrogen) atoms. The van der Waals surface area contributed by atoms with Crippen LogP contribution in [-0.4, -0.2) is 48.5 Å². The highest BCUT2D eigenvalue weighted by Gasteiger charge is 2.52. The summed E-state index contributed by atoms with van der Waals surface area (Å²) in [6, 6.07) is 7.08. The van der Waals surface area contributed by atoms with E-state index in [4.69, 9.17) is 9.47 Å². The first-order chi connectivity index (χ1) is 11.1. The molecule has 0 aromatic heterocycles. The number of likely N-dealkylation sites (tertiary alicyclic amines) is 1. The zero-order valence-corrected chi connectivity index (χ0v) is 14.2. The number of carbonyl (C=O) groups is 1. The minimum Gasteiger partial charge on any atom is -0.470 e. The fraction of sp³-hybridized carbons (Fsp3) is 0.611. The molecule has 2 saturated heterocycles. The van der Waals surface area contributed by atoms with Gasteiger partial charge in [-0.15, -0.1) is 0 Å². The Kier molecular flexibility index (Phi) is 2.95. The van der Waals surface area contributed by atoms with E-state index in [1.54, 1.807) is 11.8 Å². The van der Waals surface area contributed by atoms with Crippen molar-refractivity contribution in [3.63, 3.8) is 0 Å². The number of rotatable bonds is 1. The highest BCUT2D eigenvalue weighted by molar-refractivity contribution is 8.01. The van der Waals surface area contributed by atoms with Gasteiger partial charge in [-0.1, -0.05) is 17.8 Å². The summed E-state index contributed by atoms with van der Waals surface area (Å²) >= 11 is 1.79. The van der Waals surface area contributed by atoms with Gasteiger partial charge in [0.15, 0.2) is 0 Å². The molecule has 0 unspecified atom stereocenters. The second-order valence-electron chi connectivity index (χ2n) is 7.41.